The lowest BCUT2D eigenvalue weighted by molar-refractivity contribution is -0.116. The molecule has 1 N–H and O–H groups in total. The van der Waals surface area contributed by atoms with E-state index in [1.54, 1.807) is 24.3 Å². The molecule has 0 bridgehead atoms. The maximum absolute atomic E-state index is 12.4. The second-order valence-corrected chi connectivity index (χ2v) is 6.95. The molecule has 8 nitrogen and oxygen atoms in total. The highest BCUT2D eigenvalue weighted by Crippen LogP contribution is 2.38. The molecule has 2 aromatic heterocycles. The van der Waals surface area contributed by atoms with Gasteiger partial charge in [-0.25, -0.2) is 0 Å². The van der Waals surface area contributed by atoms with Crippen LogP contribution in [0.15, 0.2) is 45.8 Å². The van der Waals surface area contributed by atoms with Crippen LogP contribution in [-0.2, 0) is 11.3 Å². The molecule has 0 unspecified atom stereocenters. The van der Waals surface area contributed by atoms with E-state index in [2.05, 4.69) is 15.5 Å². The number of halogens is 1. The van der Waals surface area contributed by atoms with Gasteiger partial charge >= 0.3 is 0 Å². The van der Waals surface area contributed by atoms with Crippen molar-refractivity contribution in [3.63, 3.8) is 0 Å². The molecule has 0 spiro atoms. The van der Waals surface area contributed by atoms with Crippen molar-refractivity contribution in [1.29, 1.82) is 0 Å². The lowest BCUT2D eigenvalue weighted by atomic mass is 10.2. The van der Waals surface area contributed by atoms with Gasteiger partial charge < -0.3 is 19.1 Å². The first-order chi connectivity index (χ1) is 13.5. The molecule has 3 aromatic rings. The number of benzene rings is 1. The van der Waals surface area contributed by atoms with Gasteiger partial charge in [-0.05, 0) is 37.1 Å². The molecule has 1 amide bonds. The largest absolute Gasteiger partial charge is 0.495 e. The van der Waals surface area contributed by atoms with E-state index in [0.717, 1.165) is 12.8 Å². The van der Waals surface area contributed by atoms with Crippen LogP contribution in [0, 0.1) is 0 Å². The molecule has 28 heavy (non-hydrogen) atoms. The molecule has 4 rings (SSSR count). The Morgan fingerprint density at radius 3 is 2.93 bits per heavy atom. The van der Waals surface area contributed by atoms with Crippen LogP contribution in [0.3, 0.4) is 0 Å². The number of rotatable bonds is 6. The predicted molar refractivity (Wildman–Crippen MR) is 103 cm³/mol. The number of methoxy groups -OCH3 is 1. The Morgan fingerprint density at radius 2 is 2.18 bits per heavy atom. The number of pyridine rings is 1. The molecule has 0 aliphatic heterocycles. The van der Waals surface area contributed by atoms with Crippen LogP contribution in [-0.4, -0.2) is 27.7 Å². The molecule has 9 heteroatoms. The van der Waals surface area contributed by atoms with Crippen LogP contribution >= 0.6 is 11.6 Å². The minimum Gasteiger partial charge on any atom is -0.495 e. The third-order valence-electron chi connectivity index (χ3n) is 4.36. The Morgan fingerprint density at radius 1 is 1.36 bits per heavy atom. The molecule has 1 fully saturated rings. The van der Waals surface area contributed by atoms with E-state index < -0.39 is 5.91 Å². The monoisotopic (exact) mass is 400 g/mol. The lowest BCUT2D eigenvalue weighted by Gasteiger charge is -2.11. The van der Waals surface area contributed by atoms with E-state index >= 15 is 0 Å². The van der Waals surface area contributed by atoms with Crippen molar-refractivity contribution in [2.75, 3.05) is 12.4 Å². The summed E-state index contributed by atoms with van der Waals surface area (Å²) in [5.41, 5.74) is 0.682. The van der Waals surface area contributed by atoms with E-state index in [4.69, 9.17) is 20.9 Å². The highest BCUT2D eigenvalue weighted by atomic mass is 35.5. The molecule has 0 saturated heterocycles. The molecule has 0 radical (unpaired) electrons. The lowest BCUT2D eigenvalue weighted by Crippen LogP contribution is -2.27. The van der Waals surface area contributed by atoms with Crippen molar-refractivity contribution in [1.82, 2.24) is 14.7 Å². The van der Waals surface area contributed by atoms with Gasteiger partial charge in [0.2, 0.25) is 5.91 Å². The zero-order valence-corrected chi connectivity index (χ0v) is 15.8. The second-order valence-electron chi connectivity index (χ2n) is 6.51. The summed E-state index contributed by atoms with van der Waals surface area (Å²) in [5.74, 6) is 1.44. The topological polar surface area (TPSA) is 99.2 Å². The van der Waals surface area contributed by atoms with E-state index in [9.17, 15) is 9.59 Å². The summed E-state index contributed by atoms with van der Waals surface area (Å²) in [6.07, 6.45) is 3.65. The van der Waals surface area contributed by atoms with Crippen molar-refractivity contribution >= 4 is 23.2 Å². The summed E-state index contributed by atoms with van der Waals surface area (Å²) < 4.78 is 11.8. The number of carbonyl (C=O) groups is 1. The van der Waals surface area contributed by atoms with Gasteiger partial charge in [0.15, 0.2) is 5.82 Å². The first-order valence-electron chi connectivity index (χ1n) is 8.71. The number of hydrogen-bond acceptors (Lipinski definition) is 6. The quantitative estimate of drug-likeness (QED) is 0.682. The number of amides is 1. The number of carbonyl (C=O) groups excluding carboxylic acids is 1. The van der Waals surface area contributed by atoms with Crippen molar-refractivity contribution in [2.45, 2.75) is 25.3 Å². The van der Waals surface area contributed by atoms with Gasteiger partial charge in [0.05, 0.1) is 18.4 Å². The summed E-state index contributed by atoms with van der Waals surface area (Å²) >= 11 is 5.97. The van der Waals surface area contributed by atoms with Crippen molar-refractivity contribution in [2.24, 2.45) is 0 Å². The van der Waals surface area contributed by atoms with Gasteiger partial charge in [-0.3, -0.25) is 9.59 Å². The van der Waals surface area contributed by atoms with Gasteiger partial charge in [-0.15, -0.1) is 0 Å². The standard InChI is InChI=1S/C19H17ClN4O4/c1-27-15-6-5-13(20)8-14(15)21-16(25)10-24-9-12(4-7-17(24)26)19-22-18(23-28-19)11-2-3-11/h4-9,11H,2-3,10H2,1H3,(H,21,25). The van der Waals surface area contributed by atoms with E-state index in [1.807, 2.05) is 0 Å². The molecule has 2 heterocycles. The van der Waals surface area contributed by atoms with Gasteiger partial charge in [-0.2, -0.15) is 4.98 Å². The van der Waals surface area contributed by atoms with E-state index in [0.29, 0.717) is 39.7 Å². The zero-order chi connectivity index (χ0) is 19.7. The van der Waals surface area contributed by atoms with Crippen LogP contribution in [0.4, 0.5) is 5.69 Å². The summed E-state index contributed by atoms with van der Waals surface area (Å²) in [6.45, 7) is -0.189. The SMILES string of the molecule is COc1ccc(Cl)cc1NC(=O)Cn1cc(-c2nc(C3CC3)no2)ccc1=O. The van der Waals surface area contributed by atoms with E-state index in [-0.39, 0.29) is 12.1 Å². The Kier molecular flexibility index (Phi) is 4.87. The van der Waals surface area contributed by atoms with Crippen LogP contribution < -0.4 is 15.6 Å². The minimum atomic E-state index is -0.399. The molecule has 1 aliphatic carbocycles. The molecule has 1 aliphatic rings. The highest BCUT2D eigenvalue weighted by molar-refractivity contribution is 6.31. The fourth-order valence-electron chi connectivity index (χ4n) is 2.76. The fraction of sp³-hybridized carbons (Fsp3) is 0.263. The normalized spacial score (nSPS) is 13.4. The van der Waals surface area contributed by atoms with E-state index in [1.165, 1.54) is 23.9 Å². The third kappa shape index (κ3) is 3.91. The Hall–Kier alpha value is -3.13. The maximum atomic E-state index is 12.4. The Balaban J connectivity index is 1.53. The molecule has 1 saturated carbocycles. The average molecular weight is 401 g/mol. The summed E-state index contributed by atoms with van der Waals surface area (Å²) in [6, 6.07) is 7.85. The number of nitrogens with zero attached hydrogens (tertiary/aromatic N) is 3. The Labute approximate surface area is 165 Å². The van der Waals surface area contributed by atoms with Crippen LogP contribution in [0.25, 0.3) is 11.5 Å². The molecular formula is C19H17ClN4O4. The minimum absolute atomic E-state index is 0.189. The number of aromatic nitrogens is 3. The third-order valence-corrected chi connectivity index (χ3v) is 4.60. The Bertz CT molecular complexity index is 1090. The summed E-state index contributed by atoms with van der Waals surface area (Å²) in [5, 5.41) is 7.13. The van der Waals surface area contributed by atoms with Crippen LogP contribution in [0.2, 0.25) is 5.02 Å². The molecule has 0 atom stereocenters. The number of nitrogens with one attached hydrogen (secondary N) is 1. The number of anilines is 1. The van der Waals surface area contributed by atoms with Crippen molar-refractivity contribution in [3.8, 4) is 17.2 Å². The second kappa shape index (κ2) is 7.47. The average Bonchev–Trinajstić information content (AvgIpc) is 3.41. The van der Waals surface area contributed by atoms with Crippen molar-refractivity contribution < 1.29 is 14.1 Å². The first-order valence-corrected chi connectivity index (χ1v) is 9.09. The van der Waals surface area contributed by atoms with Gasteiger partial charge in [0.1, 0.15) is 12.3 Å². The smallest absolute Gasteiger partial charge is 0.259 e. The number of hydrogen-bond donors (Lipinski definition) is 1. The first kappa shape index (κ1) is 18.2. The predicted octanol–water partition coefficient (Wildman–Crippen LogP) is 3.08. The molecule has 144 valence electrons. The van der Waals surface area contributed by atoms with Crippen molar-refractivity contribution in [3.05, 3.63) is 57.7 Å². The van der Waals surface area contributed by atoms with Crippen LogP contribution in [0.5, 0.6) is 5.75 Å². The molecule has 1 aromatic carbocycles. The number of ether oxygens (including phenoxy) is 1. The molecular weight excluding hydrogens is 384 g/mol. The van der Waals surface area contributed by atoms with Gasteiger partial charge in [0.25, 0.3) is 11.4 Å². The van der Waals surface area contributed by atoms with Crippen LogP contribution in [0.1, 0.15) is 24.6 Å². The van der Waals surface area contributed by atoms with Gasteiger partial charge in [-0.1, -0.05) is 16.8 Å². The summed E-state index contributed by atoms with van der Waals surface area (Å²) in [7, 11) is 1.49. The zero-order valence-electron chi connectivity index (χ0n) is 15.0. The highest BCUT2D eigenvalue weighted by Gasteiger charge is 2.29. The maximum Gasteiger partial charge on any atom is 0.259 e. The fourth-order valence-corrected chi connectivity index (χ4v) is 2.94. The van der Waals surface area contributed by atoms with Gasteiger partial charge in [0, 0.05) is 23.2 Å². The summed E-state index contributed by atoms with van der Waals surface area (Å²) in [4.78, 5) is 29.0.